The third-order valence-corrected chi connectivity index (χ3v) is 3.54. The van der Waals surface area contributed by atoms with Gasteiger partial charge in [0.2, 0.25) is 0 Å². The summed E-state index contributed by atoms with van der Waals surface area (Å²) in [7, 11) is 1.56. The molecule has 1 aliphatic heterocycles. The van der Waals surface area contributed by atoms with Crippen LogP contribution in [0.2, 0.25) is 0 Å². The maximum Gasteiger partial charge on any atom is 0.262 e. The Balaban J connectivity index is 2.02. The minimum Gasteiger partial charge on any atom is -0.383 e. The topological polar surface area (TPSA) is 74.6 Å². The average Bonchev–Trinajstić information content (AvgIpc) is 2.61. The third-order valence-electron chi connectivity index (χ3n) is 3.54. The van der Waals surface area contributed by atoms with Crippen LogP contribution in [0.3, 0.4) is 0 Å². The first-order valence-corrected chi connectivity index (χ1v) is 7.56. The molecule has 0 saturated carbocycles. The number of benzene rings is 1. The highest BCUT2D eigenvalue weighted by Crippen LogP contribution is 2.18. The van der Waals surface area contributed by atoms with Crippen LogP contribution in [0.5, 0.6) is 0 Å². The average molecular weight is 315 g/mol. The van der Waals surface area contributed by atoms with Gasteiger partial charge in [-0.05, 0) is 23.8 Å². The molecule has 0 aromatic heterocycles. The molecule has 1 heterocycles. The third kappa shape index (κ3) is 5.09. The summed E-state index contributed by atoms with van der Waals surface area (Å²) < 4.78 is 10.2. The molecule has 23 heavy (non-hydrogen) atoms. The summed E-state index contributed by atoms with van der Waals surface area (Å²) in [6.07, 6.45) is 1.59. The van der Waals surface area contributed by atoms with Crippen molar-refractivity contribution in [3.05, 3.63) is 35.4 Å². The molecule has 6 nitrogen and oxygen atoms in total. The van der Waals surface area contributed by atoms with E-state index in [1.165, 1.54) is 0 Å². The van der Waals surface area contributed by atoms with Crippen LogP contribution in [0.15, 0.2) is 29.8 Å². The van der Waals surface area contributed by atoms with Gasteiger partial charge in [-0.1, -0.05) is 12.1 Å². The number of carbonyl (C=O) groups excluding carboxylic acids is 1. The van der Waals surface area contributed by atoms with Crippen LogP contribution < -0.4 is 10.2 Å². The molecule has 0 bridgehead atoms. The molecule has 1 aromatic rings. The molecule has 1 aliphatic rings. The molecule has 1 aromatic carbocycles. The van der Waals surface area contributed by atoms with Crippen molar-refractivity contribution in [1.82, 2.24) is 5.32 Å². The Labute approximate surface area is 136 Å². The first-order valence-electron chi connectivity index (χ1n) is 7.56. The van der Waals surface area contributed by atoms with Crippen LogP contribution in [0.25, 0.3) is 6.08 Å². The lowest BCUT2D eigenvalue weighted by Crippen LogP contribution is -2.36. The molecule has 122 valence electrons. The molecular formula is C17H21N3O3. The Morgan fingerprint density at radius 3 is 2.70 bits per heavy atom. The van der Waals surface area contributed by atoms with E-state index in [2.05, 4.69) is 10.2 Å². The van der Waals surface area contributed by atoms with Gasteiger partial charge in [-0.15, -0.1) is 0 Å². The van der Waals surface area contributed by atoms with E-state index in [0.717, 1.165) is 37.6 Å². The number of nitrogens with zero attached hydrogens (tertiary/aromatic N) is 2. The fraction of sp³-hybridized carbons (Fsp3) is 0.412. The smallest absolute Gasteiger partial charge is 0.262 e. The lowest BCUT2D eigenvalue weighted by Gasteiger charge is -2.28. The largest absolute Gasteiger partial charge is 0.383 e. The summed E-state index contributed by atoms with van der Waals surface area (Å²) >= 11 is 0. The van der Waals surface area contributed by atoms with Crippen LogP contribution in [-0.2, 0) is 14.3 Å². The summed E-state index contributed by atoms with van der Waals surface area (Å²) in [6.45, 7) is 4.02. The van der Waals surface area contributed by atoms with Crippen LogP contribution in [0, 0.1) is 11.3 Å². The number of anilines is 1. The lowest BCUT2D eigenvalue weighted by molar-refractivity contribution is -0.117. The first kappa shape index (κ1) is 17.0. The number of rotatable bonds is 6. The van der Waals surface area contributed by atoms with Gasteiger partial charge in [-0.3, -0.25) is 4.79 Å². The summed E-state index contributed by atoms with van der Waals surface area (Å²) in [5.41, 5.74) is 2.02. The van der Waals surface area contributed by atoms with Crippen molar-refractivity contribution < 1.29 is 14.3 Å². The highest BCUT2D eigenvalue weighted by Gasteiger charge is 2.11. The Bertz CT molecular complexity index is 584. The van der Waals surface area contributed by atoms with Crippen LogP contribution >= 0.6 is 0 Å². The number of hydrogen-bond acceptors (Lipinski definition) is 5. The predicted molar refractivity (Wildman–Crippen MR) is 87.9 cm³/mol. The van der Waals surface area contributed by atoms with Gasteiger partial charge in [0.15, 0.2) is 0 Å². The van der Waals surface area contributed by atoms with Gasteiger partial charge in [-0.25, -0.2) is 0 Å². The van der Waals surface area contributed by atoms with Crippen LogP contribution in [-0.4, -0.2) is 52.5 Å². The van der Waals surface area contributed by atoms with E-state index in [9.17, 15) is 4.79 Å². The molecule has 6 heteroatoms. The summed E-state index contributed by atoms with van der Waals surface area (Å²) in [5.74, 6) is -0.387. The Morgan fingerprint density at radius 2 is 2.09 bits per heavy atom. The molecule has 0 unspecified atom stereocenters. The first-order chi connectivity index (χ1) is 11.2. The van der Waals surface area contributed by atoms with E-state index in [1.54, 1.807) is 13.2 Å². The summed E-state index contributed by atoms with van der Waals surface area (Å²) in [5, 5.41) is 11.8. The number of hydrogen-bond donors (Lipinski definition) is 1. The number of methoxy groups -OCH3 is 1. The number of carbonyl (C=O) groups is 1. The van der Waals surface area contributed by atoms with Gasteiger partial charge in [0.05, 0.1) is 19.8 Å². The maximum absolute atomic E-state index is 11.9. The monoisotopic (exact) mass is 315 g/mol. The number of nitrogens with one attached hydrogen (secondary N) is 1. The van der Waals surface area contributed by atoms with E-state index >= 15 is 0 Å². The molecule has 0 aliphatic carbocycles. The number of nitriles is 1. The van der Waals surface area contributed by atoms with Crippen LogP contribution in [0.1, 0.15) is 5.56 Å². The normalized spacial score (nSPS) is 15.1. The van der Waals surface area contributed by atoms with Gasteiger partial charge < -0.3 is 19.7 Å². The van der Waals surface area contributed by atoms with Gasteiger partial charge in [0, 0.05) is 32.4 Å². The summed E-state index contributed by atoms with van der Waals surface area (Å²) in [6, 6.07) is 9.74. The van der Waals surface area contributed by atoms with Crippen molar-refractivity contribution in [3.63, 3.8) is 0 Å². The zero-order valence-electron chi connectivity index (χ0n) is 13.2. The molecule has 0 spiro atoms. The Hall–Kier alpha value is -2.36. The van der Waals surface area contributed by atoms with Crippen molar-refractivity contribution in [2.75, 3.05) is 51.5 Å². The molecular weight excluding hydrogens is 294 g/mol. The lowest BCUT2D eigenvalue weighted by atomic mass is 10.1. The zero-order chi connectivity index (χ0) is 16.5. The molecule has 2 rings (SSSR count). The van der Waals surface area contributed by atoms with E-state index in [0.29, 0.717) is 13.2 Å². The molecule has 1 N–H and O–H groups in total. The fourth-order valence-corrected chi connectivity index (χ4v) is 2.28. The van der Waals surface area contributed by atoms with E-state index in [4.69, 9.17) is 14.7 Å². The number of amides is 1. The van der Waals surface area contributed by atoms with E-state index < -0.39 is 0 Å². The highest BCUT2D eigenvalue weighted by atomic mass is 16.5. The quantitative estimate of drug-likeness (QED) is 0.485. The van der Waals surface area contributed by atoms with Crippen LogP contribution in [0.4, 0.5) is 5.69 Å². The minimum absolute atomic E-state index is 0.0835. The van der Waals surface area contributed by atoms with Gasteiger partial charge in [-0.2, -0.15) is 5.26 Å². The Kier molecular flexibility index (Phi) is 6.60. The van der Waals surface area contributed by atoms with Gasteiger partial charge in [0.1, 0.15) is 11.6 Å². The van der Waals surface area contributed by atoms with Crippen molar-refractivity contribution >= 4 is 17.7 Å². The molecule has 0 radical (unpaired) electrons. The van der Waals surface area contributed by atoms with E-state index in [1.807, 2.05) is 30.3 Å². The predicted octanol–water partition coefficient (Wildman–Crippen LogP) is 1.19. The van der Waals surface area contributed by atoms with E-state index in [-0.39, 0.29) is 11.5 Å². The fourth-order valence-electron chi connectivity index (χ4n) is 2.28. The molecule has 1 saturated heterocycles. The van der Waals surface area contributed by atoms with Gasteiger partial charge >= 0.3 is 0 Å². The zero-order valence-corrected chi connectivity index (χ0v) is 13.2. The molecule has 1 fully saturated rings. The van der Waals surface area contributed by atoms with Crippen molar-refractivity contribution in [2.45, 2.75) is 0 Å². The highest BCUT2D eigenvalue weighted by molar-refractivity contribution is 6.01. The van der Waals surface area contributed by atoms with Crippen molar-refractivity contribution in [1.29, 1.82) is 5.26 Å². The second kappa shape index (κ2) is 8.93. The second-order valence-electron chi connectivity index (χ2n) is 5.11. The Morgan fingerprint density at radius 1 is 1.39 bits per heavy atom. The summed E-state index contributed by atoms with van der Waals surface area (Å²) in [4.78, 5) is 14.1. The standard InChI is InChI=1S/C17H21N3O3/c1-22-9-6-19-17(21)15(13-18)12-14-2-4-16(5-3-14)20-7-10-23-11-8-20/h2-5,12H,6-11H2,1H3,(H,19,21). The minimum atomic E-state index is -0.387. The van der Waals surface area contributed by atoms with Gasteiger partial charge in [0.25, 0.3) is 5.91 Å². The van der Waals surface area contributed by atoms with Crippen molar-refractivity contribution in [2.24, 2.45) is 0 Å². The molecule has 0 atom stereocenters. The molecule has 1 amide bonds. The van der Waals surface area contributed by atoms with Crippen molar-refractivity contribution in [3.8, 4) is 6.07 Å². The number of morpholine rings is 1. The maximum atomic E-state index is 11.9. The second-order valence-corrected chi connectivity index (χ2v) is 5.11. The number of ether oxygens (including phenoxy) is 2. The SMILES string of the molecule is COCCNC(=O)C(C#N)=Cc1ccc(N2CCOCC2)cc1.